The third kappa shape index (κ3) is 4.96. The van der Waals surface area contributed by atoms with Crippen LogP contribution in [-0.4, -0.2) is 23.8 Å². The first-order chi connectivity index (χ1) is 9.60. The second-order valence-electron chi connectivity index (χ2n) is 4.54. The maximum absolute atomic E-state index is 11.6. The third-order valence-corrected chi connectivity index (χ3v) is 2.90. The summed E-state index contributed by atoms with van der Waals surface area (Å²) in [4.78, 5) is 11.6. The topological polar surface area (TPSA) is 55.8 Å². The first-order valence-corrected chi connectivity index (χ1v) is 6.86. The molecular formula is C16H22O4. The second-order valence-corrected chi connectivity index (χ2v) is 4.54. The lowest BCUT2D eigenvalue weighted by Gasteiger charge is -2.13. The van der Waals surface area contributed by atoms with Gasteiger partial charge in [-0.3, -0.25) is 0 Å². The molecule has 4 heteroatoms. The van der Waals surface area contributed by atoms with E-state index in [-0.39, 0.29) is 18.3 Å². The van der Waals surface area contributed by atoms with Gasteiger partial charge in [-0.25, -0.2) is 4.79 Å². The molecule has 1 aromatic carbocycles. The van der Waals surface area contributed by atoms with Crippen molar-refractivity contribution < 1.29 is 19.4 Å². The third-order valence-electron chi connectivity index (χ3n) is 2.90. The summed E-state index contributed by atoms with van der Waals surface area (Å²) < 4.78 is 10.6. The molecule has 110 valence electrons. The summed E-state index contributed by atoms with van der Waals surface area (Å²) in [7, 11) is 0. The Morgan fingerprint density at radius 1 is 1.40 bits per heavy atom. The SMILES string of the molecule is CCOC(=O)/C(=C/O)Cc1cccc(OC(C)CC)c1. The van der Waals surface area contributed by atoms with Crippen LogP contribution in [0.2, 0.25) is 0 Å². The average molecular weight is 278 g/mol. The number of rotatable bonds is 7. The molecule has 1 N–H and O–H groups in total. The highest BCUT2D eigenvalue weighted by Crippen LogP contribution is 2.18. The molecule has 0 saturated carbocycles. The van der Waals surface area contributed by atoms with Gasteiger partial charge in [0, 0.05) is 6.42 Å². The Kier molecular flexibility index (Phi) is 6.64. The number of hydrogen-bond acceptors (Lipinski definition) is 4. The Balaban J connectivity index is 2.76. The van der Waals surface area contributed by atoms with E-state index in [4.69, 9.17) is 14.6 Å². The monoisotopic (exact) mass is 278 g/mol. The van der Waals surface area contributed by atoms with Gasteiger partial charge in [-0.1, -0.05) is 19.1 Å². The van der Waals surface area contributed by atoms with Crippen LogP contribution >= 0.6 is 0 Å². The Morgan fingerprint density at radius 3 is 2.75 bits per heavy atom. The zero-order chi connectivity index (χ0) is 15.0. The van der Waals surface area contributed by atoms with Gasteiger partial charge in [0.05, 0.1) is 24.5 Å². The average Bonchev–Trinajstić information content (AvgIpc) is 2.45. The lowest BCUT2D eigenvalue weighted by molar-refractivity contribution is -0.138. The van der Waals surface area contributed by atoms with E-state index in [1.54, 1.807) is 6.92 Å². The van der Waals surface area contributed by atoms with Gasteiger partial charge in [-0.15, -0.1) is 0 Å². The predicted octanol–water partition coefficient (Wildman–Crippen LogP) is 3.41. The smallest absolute Gasteiger partial charge is 0.337 e. The molecule has 0 fully saturated rings. The molecule has 4 nitrogen and oxygen atoms in total. The number of hydrogen-bond donors (Lipinski definition) is 1. The number of benzene rings is 1. The summed E-state index contributed by atoms with van der Waals surface area (Å²) in [5.74, 6) is 0.265. The van der Waals surface area contributed by atoms with Crippen LogP contribution in [0.25, 0.3) is 0 Å². The minimum atomic E-state index is -0.497. The first kappa shape index (κ1) is 16.1. The van der Waals surface area contributed by atoms with E-state index >= 15 is 0 Å². The number of carbonyl (C=O) groups is 1. The molecule has 0 spiro atoms. The van der Waals surface area contributed by atoms with Crippen molar-refractivity contribution in [2.45, 2.75) is 39.7 Å². The fraction of sp³-hybridized carbons (Fsp3) is 0.438. The molecule has 0 amide bonds. The van der Waals surface area contributed by atoms with Gasteiger partial charge in [0.2, 0.25) is 0 Å². The van der Waals surface area contributed by atoms with Gasteiger partial charge >= 0.3 is 5.97 Å². The van der Waals surface area contributed by atoms with E-state index in [0.717, 1.165) is 24.0 Å². The highest BCUT2D eigenvalue weighted by Gasteiger charge is 2.12. The van der Waals surface area contributed by atoms with Gasteiger partial charge in [0.25, 0.3) is 0 Å². The molecule has 1 aromatic rings. The fourth-order valence-electron chi connectivity index (χ4n) is 1.66. The molecule has 0 heterocycles. The van der Waals surface area contributed by atoms with Crippen LogP contribution in [0, 0.1) is 0 Å². The lowest BCUT2D eigenvalue weighted by Crippen LogP contribution is -2.11. The molecule has 1 rings (SSSR count). The predicted molar refractivity (Wildman–Crippen MR) is 77.9 cm³/mol. The van der Waals surface area contributed by atoms with Gasteiger partial charge < -0.3 is 14.6 Å². The summed E-state index contributed by atoms with van der Waals surface area (Å²) in [5.41, 5.74) is 1.12. The molecule has 0 aromatic heterocycles. The molecule has 0 aliphatic carbocycles. The lowest BCUT2D eigenvalue weighted by atomic mass is 10.1. The van der Waals surface area contributed by atoms with Crippen molar-refractivity contribution in [2.75, 3.05) is 6.61 Å². The summed E-state index contributed by atoms with van der Waals surface area (Å²) in [6.45, 7) is 6.08. The van der Waals surface area contributed by atoms with Crippen LogP contribution in [0.4, 0.5) is 0 Å². The van der Waals surface area contributed by atoms with Crippen LogP contribution in [0.3, 0.4) is 0 Å². The van der Waals surface area contributed by atoms with Crippen molar-refractivity contribution in [3.8, 4) is 5.75 Å². The highest BCUT2D eigenvalue weighted by molar-refractivity contribution is 5.88. The van der Waals surface area contributed by atoms with Crippen LogP contribution in [0.5, 0.6) is 5.75 Å². The molecular weight excluding hydrogens is 256 g/mol. The number of ether oxygens (including phenoxy) is 2. The minimum Gasteiger partial charge on any atom is -0.515 e. The Hall–Kier alpha value is -1.97. The molecule has 20 heavy (non-hydrogen) atoms. The first-order valence-electron chi connectivity index (χ1n) is 6.86. The van der Waals surface area contributed by atoms with E-state index in [1.807, 2.05) is 31.2 Å². The molecule has 0 aliphatic rings. The van der Waals surface area contributed by atoms with Gasteiger partial charge in [-0.2, -0.15) is 0 Å². The number of esters is 1. The standard InChI is InChI=1S/C16H22O4/c1-4-12(3)20-15-8-6-7-13(10-15)9-14(11-17)16(18)19-5-2/h6-8,10-12,17H,4-5,9H2,1-3H3/b14-11+. The van der Waals surface area contributed by atoms with Crippen LogP contribution in [0.15, 0.2) is 36.1 Å². The van der Waals surface area contributed by atoms with Crippen molar-refractivity contribution in [3.63, 3.8) is 0 Å². The molecule has 1 unspecified atom stereocenters. The zero-order valence-corrected chi connectivity index (χ0v) is 12.3. The molecule has 0 radical (unpaired) electrons. The number of aliphatic hydroxyl groups excluding tert-OH is 1. The maximum Gasteiger partial charge on any atom is 0.337 e. The summed E-state index contributed by atoms with van der Waals surface area (Å²) in [5, 5.41) is 9.14. The largest absolute Gasteiger partial charge is 0.515 e. The van der Waals surface area contributed by atoms with Crippen molar-refractivity contribution in [3.05, 3.63) is 41.7 Å². The van der Waals surface area contributed by atoms with Crippen LogP contribution < -0.4 is 4.74 Å². The molecule has 1 atom stereocenters. The van der Waals surface area contributed by atoms with Gasteiger partial charge in [0.15, 0.2) is 0 Å². The second kappa shape index (κ2) is 8.25. The summed E-state index contributed by atoms with van der Waals surface area (Å²) in [6.07, 6.45) is 2.19. The van der Waals surface area contributed by atoms with E-state index in [0.29, 0.717) is 6.42 Å². The van der Waals surface area contributed by atoms with E-state index < -0.39 is 5.97 Å². The normalized spacial score (nSPS) is 12.8. The van der Waals surface area contributed by atoms with Crippen molar-refractivity contribution in [2.24, 2.45) is 0 Å². The summed E-state index contributed by atoms with van der Waals surface area (Å²) in [6, 6.07) is 7.50. The minimum absolute atomic E-state index is 0.142. The molecule has 0 aliphatic heterocycles. The number of carbonyl (C=O) groups excluding carboxylic acids is 1. The Labute approximate surface area is 120 Å². The van der Waals surface area contributed by atoms with Crippen LogP contribution in [0.1, 0.15) is 32.8 Å². The van der Waals surface area contributed by atoms with Crippen molar-refractivity contribution >= 4 is 5.97 Å². The summed E-state index contributed by atoms with van der Waals surface area (Å²) >= 11 is 0. The van der Waals surface area contributed by atoms with Gasteiger partial charge in [-0.05, 0) is 38.0 Å². The van der Waals surface area contributed by atoms with E-state index in [2.05, 4.69) is 6.92 Å². The molecule has 0 saturated heterocycles. The zero-order valence-electron chi connectivity index (χ0n) is 12.3. The quantitative estimate of drug-likeness (QED) is 0.472. The highest BCUT2D eigenvalue weighted by atomic mass is 16.5. The van der Waals surface area contributed by atoms with E-state index in [9.17, 15) is 4.79 Å². The van der Waals surface area contributed by atoms with E-state index in [1.165, 1.54) is 0 Å². The molecule has 0 bridgehead atoms. The van der Waals surface area contributed by atoms with Gasteiger partial charge in [0.1, 0.15) is 5.75 Å². The Morgan fingerprint density at radius 2 is 2.15 bits per heavy atom. The van der Waals surface area contributed by atoms with Crippen molar-refractivity contribution in [1.29, 1.82) is 0 Å². The Bertz CT molecular complexity index is 465. The van der Waals surface area contributed by atoms with Crippen LogP contribution in [-0.2, 0) is 16.0 Å². The van der Waals surface area contributed by atoms with Crippen molar-refractivity contribution in [1.82, 2.24) is 0 Å². The fourth-order valence-corrected chi connectivity index (χ4v) is 1.66. The maximum atomic E-state index is 11.6. The number of aliphatic hydroxyl groups is 1.